The van der Waals surface area contributed by atoms with Gasteiger partial charge in [0, 0.05) is 29.8 Å². The van der Waals surface area contributed by atoms with Gasteiger partial charge in [-0.2, -0.15) is 0 Å². The van der Waals surface area contributed by atoms with Crippen LogP contribution < -0.4 is 10.6 Å². The topological polar surface area (TPSA) is 59.2 Å². The molecule has 4 aliphatic carbocycles. The van der Waals surface area contributed by atoms with Gasteiger partial charge >= 0.3 is 0 Å². The van der Waals surface area contributed by atoms with Gasteiger partial charge in [-0.15, -0.1) is 11.3 Å². The Hall–Kier alpha value is -1.62. The molecule has 0 aromatic carbocycles. The number of Topliss-reactive ketones (excluding diaryl/α,β-unsaturated/α-hetero) is 1. The van der Waals surface area contributed by atoms with E-state index in [4.69, 9.17) is 10.7 Å². The number of thiophene rings is 1. The van der Waals surface area contributed by atoms with E-state index in [2.05, 4.69) is 11.0 Å². The minimum Gasteiger partial charge on any atom is -0.397 e. The highest BCUT2D eigenvalue weighted by Crippen LogP contribution is 2.61. The molecule has 4 nitrogen and oxygen atoms in total. The zero-order valence-electron chi connectivity index (χ0n) is 16.2. The molecule has 1 saturated heterocycles. The molecule has 7 aliphatic rings. The van der Waals surface area contributed by atoms with E-state index < -0.39 is 0 Å². The molecule has 5 heterocycles. The Balaban J connectivity index is 1.34. The lowest BCUT2D eigenvalue weighted by Gasteiger charge is -2.55. The number of hydrogen-bond acceptors (Lipinski definition) is 5. The molecule has 3 aliphatic heterocycles. The molecule has 0 spiro atoms. The van der Waals surface area contributed by atoms with Crippen LogP contribution in [-0.2, 0) is 0 Å². The van der Waals surface area contributed by atoms with Crippen molar-refractivity contribution in [2.75, 3.05) is 23.7 Å². The highest BCUT2D eigenvalue weighted by molar-refractivity contribution is 7.21. The maximum Gasteiger partial charge on any atom is 0.181 e. The molecule has 28 heavy (non-hydrogen) atoms. The number of hydrogen-bond donors (Lipinski definition) is 1. The number of nitrogens with two attached hydrogens (primary N) is 1. The van der Waals surface area contributed by atoms with Crippen molar-refractivity contribution in [1.82, 2.24) is 4.98 Å². The van der Waals surface area contributed by atoms with Gasteiger partial charge in [0.1, 0.15) is 4.83 Å². The number of nitrogen functional groups attached to an aromatic ring is 1. The van der Waals surface area contributed by atoms with Crippen molar-refractivity contribution in [3.8, 4) is 0 Å². The van der Waals surface area contributed by atoms with Gasteiger partial charge in [-0.1, -0.05) is 0 Å². The van der Waals surface area contributed by atoms with Crippen LogP contribution in [0.15, 0.2) is 6.07 Å². The van der Waals surface area contributed by atoms with Crippen molar-refractivity contribution in [3.05, 3.63) is 16.6 Å². The molecule has 146 valence electrons. The standard InChI is InChI=1S/C23H27N3OS/c24-18-16-8-17-19(15-1-3-26(17)4-2-15)25-22(16)28-20(18)21(27)23-9-12-5-13(10-23)7-14(6-12)11-23/h8,12-15H,1-7,9-11,24H2. The summed E-state index contributed by atoms with van der Waals surface area (Å²) >= 11 is 1.58. The molecule has 0 amide bonds. The van der Waals surface area contributed by atoms with Crippen molar-refractivity contribution in [2.45, 2.75) is 57.3 Å². The third-order valence-corrected chi connectivity index (χ3v) is 9.79. The summed E-state index contributed by atoms with van der Waals surface area (Å²) in [6.07, 6.45) is 9.82. The van der Waals surface area contributed by atoms with Gasteiger partial charge < -0.3 is 10.6 Å². The highest BCUT2D eigenvalue weighted by atomic mass is 32.1. The molecule has 6 bridgehead atoms. The first kappa shape index (κ1) is 16.2. The summed E-state index contributed by atoms with van der Waals surface area (Å²) in [5.41, 5.74) is 9.73. The molecule has 2 N–H and O–H groups in total. The Kier molecular flexibility index (Phi) is 3.06. The second-order valence-corrected chi connectivity index (χ2v) is 11.4. The van der Waals surface area contributed by atoms with Crippen LogP contribution in [0.1, 0.15) is 72.7 Å². The molecule has 2 aromatic rings. The molecule has 9 rings (SSSR count). The fourth-order valence-electron chi connectivity index (χ4n) is 7.79. The predicted octanol–water partition coefficient (Wildman–Crippen LogP) is 4.98. The molecule has 5 heteroatoms. The van der Waals surface area contributed by atoms with Crippen LogP contribution in [0.3, 0.4) is 0 Å². The molecule has 5 fully saturated rings. The second kappa shape index (κ2) is 5.29. The zero-order chi connectivity index (χ0) is 18.6. The molecule has 4 saturated carbocycles. The lowest BCUT2D eigenvalue weighted by atomic mass is 9.48. The van der Waals surface area contributed by atoms with Gasteiger partial charge in [0.2, 0.25) is 0 Å². The van der Waals surface area contributed by atoms with E-state index in [1.807, 2.05) is 0 Å². The normalized spacial score (nSPS) is 35.7. The first-order chi connectivity index (χ1) is 13.6. The van der Waals surface area contributed by atoms with E-state index in [9.17, 15) is 4.79 Å². The van der Waals surface area contributed by atoms with Crippen molar-refractivity contribution in [2.24, 2.45) is 23.2 Å². The number of aromatic nitrogens is 1. The van der Waals surface area contributed by atoms with Gasteiger partial charge in [0.25, 0.3) is 0 Å². The summed E-state index contributed by atoms with van der Waals surface area (Å²) < 4.78 is 0. The van der Waals surface area contributed by atoms with Crippen molar-refractivity contribution >= 4 is 38.7 Å². The van der Waals surface area contributed by atoms with Crippen LogP contribution in [0.25, 0.3) is 10.2 Å². The van der Waals surface area contributed by atoms with Crippen LogP contribution in [-0.4, -0.2) is 23.9 Å². The zero-order valence-corrected chi connectivity index (χ0v) is 17.1. The van der Waals surface area contributed by atoms with E-state index in [0.717, 1.165) is 65.2 Å². The summed E-state index contributed by atoms with van der Waals surface area (Å²) in [4.78, 5) is 23.2. The Bertz CT molecular complexity index is 981. The fourth-order valence-corrected chi connectivity index (χ4v) is 8.94. The molecular formula is C23H27N3OS. The number of fused-ring (bicyclic) bond motifs is 3. The third kappa shape index (κ3) is 2.01. The third-order valence-electron chi connectivity index (χ3n) is 8.68. The maximum absolute atomic E-state index is 13.8. The lowest BCUT2D eigenvalue weighted by molar-refractivity contribution is -0.0350. The molecular weight excluding hydrogens is 366 g/mol. The van der Waals surface area contributed by atoms with Gasteiger partial charge in [-0.25, -0.2) is 4.98 Å². The number of nitrogens with zero attached hydrogens (tertiary/aromatic N) is 2. The largest absolute Gasteiger partial charge is 0.397 e. The number of piperidine rings is 1. The van der Waals surface area contributed by atoms with Gasteiger partial charge in [-0.3, -0.25) is 4.79 Å². The Labute approximate surface area is 169 Å². The van der Waals surface area contributed by atoms with E-state index >= 15 is 0 Å². The highest BCUT2D eigenvalue weighted by Gasteiger charge is 2.55. The van der Waals surface area contributed by atoms with Gasteiger partial charge in [0.05, 0.1) is 21.9 Å². The summed E-state index contributed by atoms with van der Waals surface area (Å²) in [6.45, 7) is 2.27. The number of carbonyl (C=O) groups excluding carboxylic acids is 1. The molecule has 0 radical (unpaired) electrons. The first-order valence-electron chi connectivity index (χ1n) is 11.1. The van der Waals surface area contributed by atoms with E-state index in [0.29, 0.717) is 17.4 Å². The minimum atomic E-state index is -0.119. The Morgan fingerprint density at radius 3 is 2.39 bits per heavy atom. The number of anilines is 2. The van der Waals surface area contributed by atoms with Crippen LogP contribution in [0.5, 0.6) is 0 Å². The number of pyridine rings is 1. The molecule has 0 unspecified atom stereocenters. The summed E-state index contributed by atoms with van der Waals surface area (Å²) in [7, 11) is 0. The minimum absolute atomic E-state index is 0.119. The fraction of sp³-hybridized carbons (Fsp3) is 0.652. The van der Waals surface area contributed by atoms with Gasteiger partial charge in [-0.05, 0) is 75.2 Å². The van der Waals surface area contributed by atoms with Crippen LogP contribution >= 0.6 is 11.3 Å². The van der Waals surface area contributed by atoms with Crippen LogP contribution in [0.2, 0.25) is 0 Å². The Morgan fingerprint density at radius 1 is 1.11 bits per heavy atom. The van der Waals surface area contributed by atoms with E-state index in [-0.39, 0.29) is 5.41 Å². The van der Waals surface area contributed by atoms with Crippen LogP contribution in [0.4, 0.5) is 11.4 Å². The van der Waals surface area contributed by atoms with E-state index in [1.165, 1.54) is 43.5 Å². The van der Waals surface area contributed by atoms with Crippen molar-refractivity contribution < 1.29 is 4.79 Å². The Morgan fingerprint density at radius 2 is 1.75 bits per heavy atom. The molecule has 0 atom stereocenters. The quantitative estimate of drug-likeness (QED) is 0.732. The summed E-state index contributed by atoms with van der Waals surface area (Å²) in [5.74, 6) is 3.28. The smallest absolute Gasteiger partial charge is 0.181 e. The lowest BCUT2D eigenvalue weighted by Crippen LogP contribution is -2.49. The molecule has 2 aromatic heterocycles. The van der Waals surface area contributed by atoms with Crippen molar-refractivity contribution in [1.29, 1.82) is 0 Å². The summed E-state index contributed by atoms with van der Waals surface area (Å²) in [6, 6.07) is 2.24. The monoisotopic (exact) mass is 393 g/mol. The first-order valence-corrected chi connectivity index (χ1v) is 11.9. The van der Waals surface area contributed by atoms with Crippen LogP contribution in [0, 0.1) is 23.2 Å². The average Bonchev–Trinajstić information content (AvgIpc) is 3.02. The number of ketones is 1. The SMILES string of the molecule is Nc1c(C(=O)C23CC4CC(CC(C4)C2)C3)sc2nc3c(cc12)N1CCC3CC1. The van der Waals surface area contributed by atoms with Crippen molar-refractivity contribution in [3.63, 3.8) is 0 Å². The predicted molar refractivity (Wildman–Crippen MR) is 113 cm³/mol. The maximum atomic E-state index is 13.8. The number of rotatable bonds is 2. The second-order valence-electron chi connectivity index (χ2n) is 10.4. The average molecular weight is 394 g/mol. The van der Waals surface area contributed by atoms with Gasteiger partial charge in [0.15, 0.2) is 5.78 Å². The van der Waals surface area contributed by atoms with E-state index in [1.54, 1.807) is 11.3 Å². The number of carbonyl (C=O) groups is 1. The summed E-state index contributed by atoms with van der Waals surface area (Å²) in [5, 5.41) is 1.02.